The molecule has 2 aliphatic rings. The van der Waals surface area contributed by atoms with Gasteiger partial charge in [0.2, 0.25) is 0 Å². The number of fused-ring (bicyclic) bond motifs is 3. The van der Waals surface area contributed by atoms with Crippen molar-refractivity contribution in [2.45, 2.75) is 50.5 Å². The van der Waals surface area contributed by atoms with Crippen LogP contribution in [0.2, 0.25) is 0 Å². The van der Waals surface area contributed by atoms with Gasteiger partial charge in [-0.15, -0.1) is 0 Å². The molecule has 3 unspecified atom stereocenters. The topological polar surface area (TPSA) is 48.8 Å². The van der Waals surface area contributed by atoms with E-state index in [0.29, 0.717) is 0 Å². The van der Waals surface area contributed by atoms with Crippen molar-refractivity contribution >= 4 is 26.8 Å². The van der Waals surface area contributed by atoms with Gasteiger partial charge in [0.1, 0.15) is 11.4 Å². The molecule has 2 aromatic carbocycles. The Kier molecular flexibility index (Phi) is 7.17. The van der Waals surface area contributed by atoms with Gasteiger partial charge in [-0.05, 0) is 61.9 Å². The van der Waals surface area contributed by atoms with Gasteiger partial charge in [-0.1, -0.05) is 28.1 Å². The summed E-state index contributed by atoms with van der Waals surface area (Å²) in [5.74, 6) is 0.779. The number of alkyl halides is 1. The minimum absolute atomic E-state index is 0.0111. The van der Waals surface area contributed by atoms with E-state index in [0.717, 1.165) is 65.5 Å². The second-order valence-corrected chi connectivity index (χ2v) is 10.7. The second kappa shape index (κ2) is 10.2. The number of nitrogens with zero attached hydrogens (tertiary/aromatic N) is 3. The number of rotatable bonds is 7. The molecule has 1 saturated heterocycles. The average molecular weight is 546 g/mol. The Bertz CT molecular complexity index is 1190. The minimum atomic E-state index is -1.47. The molecule has 6 nitrogen and oxygen atoms in total. The summed E-state index contributed by atoms with van der Waals surface area (Å²) in [6.07, 6.45) is 6.02. The molecule has 0 aliphatic carbocycles. The Labute approximate surface area is 214 Å². The molecular formula is C27H33BrFN3O3. The van der Waals surface area contributed by atoms with E-state index < -0.39 is 5.67 Å². The lowest BCUT2D eigenvalue weighted by atomic mass is 9.85. The van der Waals surface area contributed by atoms with Gasteiger partial charge in [-0.3, -0.25) is 4.90 Å². The van der Waals surface area contributed by atoms with E-state index in [1.807, 2.05) is 23.0 Å². The summed E-state index contributed by atoms with van der Waals surface area (Å²) in [5, 5.41) is 5.89. The second-order valence-electron chi connectivity index (χ2n) is 9.83. The van der Waals surface area contributed by atoms with E-state index in [2.05, 4.69) is 39.0 Å². The lowest BCUT2D eigenvalue weighted by Crippen LogP contribution is -2.45. The number of halogens is 2. The van der Waals surface area contributed by atoms with E-state index >= 15 is 4.39 Å². The normalized spacial score (nSPS) is 22.7. The molecule has 5 rings (SSSR count). The summed E-state index contributed by atoms with van der Waals surface area (Å²) in [5.41, 5.74) is 3.08. The van der Waals surface area contributed by atoms with Crippen molar-refractivity contribution in [2.75, 3.05) is 40.5 Å². The Morgan fingerprint density at radius 2 is 2.03 bits per heavy atom. The van der Waals surface area contributed by atoms with Crippen molar-refractivity contribution in [2.24, 2.45) is 0 Å². The lowest BCUT2D eigenvalue weighted by Gasteiger charge is -2.41. The molecular weight excluding hydrogens is 513 g/mol. The van der Waals surface area contributed by atoms with Crippen LogP contribution in [0.25, 0.3) is 10.9 Å². The van der Waals surface area contributed by atoms with Gasteiger partial charge in [-0.25, -0.2) is 9.07 Å². The van der Waals surface area contributed by atoms with Crippen LogP contribution in [0.3, 0.4) is 0 Å². The highest BCUT2D eigenvalue weighted by molar-refractivity contribution is 9.10. The van der Waals surface area contributed by atoms with Crippen LogP contribution in [0, 0.1) is 0 Å². The van der Waals surface area contributed by atoms with Gasteiger partial charge in [0.15, 0.2) is 6.23 Å². The third-order valence-corrected chi connectivity index (χ3v) is 7.63. The van der Waals surface area contributed by atoms with Crippen LogP contribution in [0.15, 0.2) is 41.0 Å². The van der Waals surface area contributed by atoms with Crippen molar-refractivity contribution in [3.8, 4) is 5.75 Å². The highest BCUT2D eigenvalue weighted by Crippen LogP contribution is 2.43. The molecule has 188 valence electrons. The molecule has 0 spiro atoms. The number of hydrogen-bond acceptors (Lipinski definition) is 5. The number of aromatic nitrogens is 2. The van der Waals surface area contributed by atoms with Gasteiger partial charge in [0.05, 0.1) is 31.5 Å². The molecule has 1 aromatic heterocycles. The summed E-state index contributed by atoms with van der Waals surface area (Å²) >= 11 is 3.56. The molecule has 0 radical (unpaired) electrons. The SMILES string of the molecule is COCC(C)(F)CN1CCc2c(ccc3c2cnn3C2CCCCO2)C1c1ccc(Br)cc1OC. The maximum atomic E-state index is 15.4. The molecule has 0 amide bonds. The predicted molar refractivity (Wildman–Crippen MR) is 138 cm³/mol. The number of hydrogen-bond donors (Lipinski definition) is 0. The number of ether oxygens (including phenoxy) is 3. The van der Waals surface area contributed by atoms with Crippen LogP contribution in [-0.2, 0) is 15.9 Å². The number of benzene rings is 2. The van der Waals surface area contributed by atoms with Gasteiger partial charge in [0, 0.05) is 42.2 Å². The van der Waals surface area contributed by atoms with Crippen molar-refractivity contribution in [1.29, 1.82) is 0 Å². The first-order chi connectivity index (χ1) is 16.9. The maximum absolute atomic E-state index is 15.4. The zero-order chi connectivity index (χ0) is 24.6. The van der Waals surface area contributed by atoms with E-state index in [9.17, 15) is 0 Å². The Balaban J connectivity index is 1.61. The standard InChI is InChI=1S/C27H33BrFN3O3/c1-27(29,17-33-2)16-31-12-11-19-20(26(31)21-8-7-18(28)14-24(21)34-3)9-10-23-22(19)15-30-32(23)25-6-4-5-13-35-25/h7-10,14-15,25-26H,4-6,11-13,16-17H2,1-3H3. The quantitative estimate of drug-likeness (QED) is 0.374. The predicted octanol–water partition coefficient (Wildman–Crippen LogP) is 5.83. The lowest BCUT2D eigenvalue weighted by molar-refractivity contribution is -0.0366. The molecule has 0 N–H and O–H groups in total. The van der Waals surface area contributed by atoms with Crippen molar-refractivity contribution in [3.63, 3.8) is 0 Å². The Hall–Kier alpha value is -2.00. The van der Waals surface area contributed by atoms with Gasteiger partial charge in [-0.2, -0.15) is 5.10 Å². The van der Waals surface area contributed by atoms with Gasteiger partial charge in [0.25, 0.3) is 0 Å². The van der Waals surface area contributed by atoms with Crippen molar-refractivity contribution in [3.05, 3.63) is 57.7 Å². The average Bonchev–Trinajstić information content (AvgIpc) is 3.29. The molecule has 0 bridgehead atoms. The fraction of sp³-hybridized carbons (Fsp3) is 0.519. The summed E-state index contributed by atoms with van der Waals surface area (Å²) in [4.78, 5) is 2.22. The molecule has 3 heterocycles. The fourth-order valence-corrected chi connectivity index (χ4v) is 6.01. The highest BCUT2D eigenvalue weighted by atomic mass is 79.9. The highest BCUT2D eigenvalue weighted by Gasteiger charge is 2.37. The van der Waals surface area contributed by atoms with E-state index in [4.69, 9.17) is 19.3 Å². The fourth-order valence-electron chi connectivity index (χ4n) is 5.67. The van der Waals surface area contributed by atoms with Crippen LogP contribution < -0.4 is 4.74 Å². The Morgan fingerprint density at radius 1 is 1.20 bits per heavy atom. The molecule has 2 aliphatic heterocycles. The van der Waals surface area contributed by atoms with E-state index in [-0.39, 0.29) is 25.4 Å². The number of methoxy groups -OCH3 is 2. The third kappa shape index (κ3) is 4.86. The summed E-state index contributed by atoms with van der Waals surface area (Å²) in [6.45, 7) is 3.43. The Morgan fingerprint density at radius 3 is 2.77 bits per heavy atom. The first-order valence-electron chi connectivity index (χ1n) is 12.3. The summed E-state index contributed by atoms with van der Waals surface area (Å²) in [7, 11) is 3.23. The summed E-state index contributed by atoms with van der Waals surface area (Å²) in [6, 6.07) is 10.2. The molecule has 8 heteroatoms. The first kappa shape index (κ1) is 24.7. The van der Waals surface area contributed by atoms with Crippen LogP contribution in [-0.4, -0.2) is 60.9 Å². The van der Waals surface area contributed by atoms with Gasteiger partial charge < -0.3 is 14.2 Å². The minimum Gasteiger partial charge on any atom is -0.496 e. The molecule has 35 heavy (non-hydrogen) atoms. The van der Waals surface area contributed by atoms with Crippen LogP contribution in [0.5, 0.6) is 5.75 Å². The monoisotopic (exact) mass is 545 g/mol. The van der Waals surface area contributed by atoms with Crippen LogP contribution in [0.1, 0.15) is 55.1 Å². The van der Waals surface area contributed by atoms with Crippen LogP contribution in [0.4, 0.5) is 4.39 Å². The molecule has 0 saturated carbocycles. The molecule has 1 fully saturated rings. The molecule has 3 aromatic rings. The van der Waals surface area contributed by atoms with Gasteiger partial charge >= 0.3 is 0 Å². The van der Waals surface area contributed by atoms with Crippen LogP contribution >= 0.6 is 15.9 Å². The zero-order valence-corrected chi connectivity index (χ0v) is 22.2. The first-order valence-corrected chi connectivity index (χ1v) is 13.1. The maximum Gasteiger partial charge on any atom is 0.150 e. The largest absolute Gasteiger partial charge is 0.496 e. The molecule has 3 atom stereocenters. The third-order valence-electron chi connectivity index (χ3n) is 7.13. The zero-order valence-electron chi connectivity index (χ0n) is 20.6. The smallest absolute Gasteiger partial charge is 0.150 e. The summed E-state index contributed by atoms with van der Waals surface area (Å²) < 4.78 is 35.4. The van der Waals surface area contributed by atoms with Crippen molar-refractivity contribution in [1.82, 2.24) is 14.7 Å². The van der Waals surface area contributed by atoms with E-state index in [1.165, 1.54) is 11.1 Å². The van der Waals surface area contributed by atoms with E-state index in [1.54, 1.807) is 21.1 Å². The van der Waals surface area contributed by atoms with Crippen molar-refractivity contribution < 1.29 is 18.6 Å².